The quantitative estimate of drug-likeness (QED) is 0.171. The molecule has 0 unspecified atom stereocenters. The van der Waals surface area contributed by atoms with Gasteiger partial charge in [0.25, 0.3) is 0 Å². The number of anilines is 3. The molecule has 10 aromatic rings. The molecule has 14 rings (SSSR count). The third-order valence-electron chi connectivity index (χ3n) is 15.8. The van der Waals surface area contributed by atoms with Crippen molar-refractivity contribution >= 4 is 17.1 Å². The Labute approximate surface area is 387 Å². The number of benzene rings is 10. The van der Waals surface area contributed by atoms with Crippen molar-refractivity contribution in [3.05, 3.63) is 292 Å². The second-order valence-electron chi connectivity index (χ2n) is 19.1. The summed E-state index contributed by atoms with van der Waals surface area (Å²) in [7, 11) is 0. The molecule has 0 N–H and O–H groups in total. The first-order chi connectivity index (χ1) is 32.5. The van der Waals surface area contributed by atoms with Crippen molar-refractivity contribution in [3.63, 3.8) is 0 Å². The van der Waals surface area contributed by atoms with Crippen molar-refractivity contribution in [2.75, 3.05) is 4.90 Å². The molecule has 0 radical (unpaired) electrons. The fourth-order valence-electron chi connectivity index (χ4n) is 13.1. The minimum Gasteiger partial charge on any atom is -0.310 e. The normalized spacial score (nSPS) is 15.2. The summed E-state index contributed by atoms with van der Waals surface area (Å²) in [6.07, 6.45) is 0. The third kappa shape index (κ3) is 4.69. The Morgan fingerprint density at radius 2 is 0.561 bits per heavy atom. The Hall–Kier alpha value is -8.00. The van der Waals surface area contributed by atoms with Crippen LogP contribution in [0.1, 0.15) is 69.5 Å². The second kappa shape index (κ2) is 13.5. The standard InChI is InChI=1S/C65H45N/c1-63(2)53-24-10-6-20-47(53)51-38-36-45(40-61(51)63)66(44-34-32-43(33-35-44)42-18-4-3-5-19-42)46-37-39-52-50-23-9-13-27-56(50)65(62(52)41-46)59-30-16-14-28-57(59)64(58-29-15-17-31-60(58)65)54-25-11-7-21-48(54)49-22-8-12-26-55(49)64/h3-41H,1-2H3. The van der Waals surface area contributed by atoms with E-state index < -0.39 is 10.8 Å². The SMILES string of the molecule is CC1(C)c2ccccc2-c2ccc(N(c3ccc(-c4ccccc4)cc3)c3ccc4c(c3)C3(c5ccccc5-4)c4ccccc4C4(c5ccccc5-c5ccccc54)c4ccccc43)cc21. The molecule has 0 aromatic heterocycles. The molecule has 66 heavy (non-hydrogen) atoms. The topological polar surface area (TPSA) is 3.24 Å². The van der Waals surface area contributed by atoms with E-state index in [2.05, 4.69) is 255 Å². The van der Waals surface area contributed by atoms with Gasteiger partial charge >= 0.3 is 0 Å². The van der Waals surface area contributed by atoms with Crippen molar-refractivity contribution < 1.29 is 0 Å². The highest BCUT2D eigenvalue weighted by molar-refractivity contribution is 5.95. The molecule has 0 atom stereocenters. The molecule has 0 amide bonds. The Balaban J connectivity index is 1.04. The van der Waals surface area contributed by atoms with Crippen molar-refractivity contribution in [2.24, 2.45) is 0 Å². The number of hydrogen-bond acceptors (Lipinski definition) is 1. The van der Waals surface area contributed by atoms with Crippen molar-refractivity contribution in [1.82, 2.24) is 0 Å². The predicted molar refractivity (Wildman–Crippen MR) is 272 cm³/mol. The van der Waals surface area contributed by atoms with Crippen LogP contribution in [0.4, 0.5) is 17.1 Å². The van der Waals surface area contributed by atoms with Crippen LogP contribution in [0.2, 0.25) is 0 Å². The van der Waals surface area contributed by atoms with Gasteiger partial charge < -0.3 is 4.90 Å². The van der Waals surface area contributed by atoms with E-state index in [4.69, 9.17) is 0 Å². The molecule has 0 fully saturated rings. The predicted octanol–water partition coefficient (Wildman–Crippen LogP) is 16.2. The summed E-state index contributed by atoms with van der Waals surface area (Å²) in [6, 6.07) is 89.5. The lowest BCUT2D eigenvalue weighted by molar-refractivity contribution is 0.633. The van der Waals surface area contributed by atoms with Crippen LogP contribution in [-0.2, 0) is 16.2 Å². The highest BCUT2D eigenvalue weighted by atomic mass is 15.1. The Morgan fingerprint density at radius 1 is 0.242 bits per heavy atom. The summed E-state index contributed by atoms with van der Waals surface area (Å²) in [4.78, 5) is 2.50. The van der Waals surface area contributed by atoms with E-state index in [1.165, 1.54) is 100 Å². The van der Waals surface area contributed by atoms with Gasteiger partial charge in [0.15, 0.2) is 0 Å². The van der Waals surface area contributed by atoms with Gasteiger partial charge in [0, 0.05) is 22.5 Å². The average molecular weight is 840 g/mol. The zero-order valence-corrected chi connectivity index (χ0v) is 37.0. The molecule has 4 aliphatic rings. The molecule has 2 spiro atoms. The van der Waals surface area contributed by atoms with Gasteiger partial charge in [0.1, 0.15) is 0 Å². The smallest absolute Gasteiger partial charge is 0.0720 e. The van der Waals surface area contributed by atoms with E-state index >= 15 is 0 Å². The molecule has 0 saturated carbocycles. The van der Waals surface area contributed by atoms with E-state index in [1.54, 1.807) is 0 Å². The van der Waals surface area contributed by atoms with E-state index in [9.17, 15) is 0 Å². The lowest BCUT2D eigenvalue weighted by Crippen LogP contribution is -2.43. The van der Waals surface area contributed by atoms with Gasteiger partial charge in [-0.3, -0.25) is 0 Å². The van der Waals surface area contributed by atoms with Gasteiger partial charge in [-0.15, -0.1) is 0 Å². The summed E-state index contributed by atoms with van der Waals surface area (Å²) in [5.41, 5.74) is 26.0. The number of rotatable bonds is 4. The number of hydrogen-bond donors (Lipinski definition) is 0. The third-order valence-corrected chi connectivity index (χ3v) is 15.8. The van der Waals surface area contributed by atoms with Crippen LogP contribution in [0.5, 0.6) is 0 Å². The molecule has 1 nitrogen and oxygen atoms in total. The van der Waals surface area contributed by atoms with Crippen LogP contribution >= 0.6 is 0 Å². The Kier molecular flexibility index (Phi) is 7.66. The lowest BCUT2D eigenvalue weighted by Gasteiger charge is -2.49. The molecule has 10 aromatic carbocycles. The van der Waals surface area contributed by atoms with Gasteiger partial charge in [0.2, 0.25) is 0 Å². The second-order valence-corrected chi connectivity index (χ2v) is 19.1. The van der Waals surface area contributed by atoms with Crippen LogP contribution in [0.3, 0.4) is 0 Å². The molecule has 0 bridgehead atoms. The van der Waals surface area contributed by atoms with Crippen LogP contribution in [0, 0.1) is 0 Å². The molecule has 310 valence electrons. The average Bonchev–Trinajstić information content (AvgIpc) is 3.93. The molecule has 0 saturated heterocycles. The highest BCUT2D eigenvalue weighted by Gasteiger charge is 2.59. The van der Waals surface area contributed by atoms with Crippen molar-refractivity contribution in [3.8, 4) is 44.5 Å². The van der Waals surface area contributed by atoms with E-state index in [-0.39, 0.29) is 5.41 Å². The number of nitrogens with zero attached hydrogens (tertiary/aromatic N) is 1. The maximum absolute atomic E-state index is 2.54. The van der Waals surface area contributed by atoms with Crippen LogP contribution in [-0.4, -0.2) is 0 Å². The maximum atomic E-state index is 2.54. The Bertz CT molecular complexity index is 3530. The summed E-state index contributed by atoms with van der Waals surface area (Å²) in [6.45, 7) is 4.76. The Morgan fingerprint density at radius 3 is 1.05 bits per heavy atom. The van der Waals surface area contributed by atoms with Gasteiger partial charge in [-0.1, -0.05) is 214 Å². The summed E-state index contributed by atoms with van der Waals surface area (Å²) < 4.78 is 0. The van der Waals surface area contributed by atoms with Gasteiger partial charge in [-0.05, 0) is 137 Å². The summed E-state index contributed by atoms with van der Waals surface area (Å²) in [5.74, 6) is 0. The van der Waals surface area contributed by atoms with Gasteiger partial charge in [-0.25, -0.2) is 0 Å². The fourth-order valence-corrected chi connectivity index (χ4v) is 13.1. The lowest BCUT2D eigenvalue weighted by atomic mass is 9.52. The van der Waals surface area contributed by atoms with Crippen molar-refractivity contribution in [1.29, 1.82) is 0 Å². The molecule has 0 heterocycles. The zero-order chi connectivity index (χ0) is 43.8. The van der Waals surface area contributed by atoms with Crippen molar-refractivity contribution in [2.45, 2.75) is 30.1 Å². The first kappa shape index (κ1) is 37.4. The summed E-state index contributed by atoms with van der Waals surface area (Å²) >= 11 is 0. The van der Waals surface area contributed by atoms with Crippen LogP contribution in [0.15, 0.2) is 237 Å². The first-order valence-corrected chi connectivity index (χ1v) is 23.3. The van der Waals surface area contributed by atoms with Crippen LogP contribution < -0.4 is 4.90 Å². The first-order valence-electron chi connectivity index (χ1n) is 23.3. The molecule has 0 aliphatic heterocycles. The fraction of sp³-hybridized carbons (Fsp3) is 0.0769. The summed E-state index contributed by atoms with van der Waals surface area (Å²) in [5, 5.41) is 0. The minimum absolute atomic E-state index is 0.142. The zero-order valence-electron chi connectivity index (χ0n) is 37.0. The monoisotopic (exact) mass is 839 g/mol. The largest absolute Gasteiger partial charge is 0.310 e. The molecular weight excluding hydrogens is 795 g/mol. The molecule has 1 heteroatoms. The molecular formula is C65H45N. The molecule has 4 aliphatic carbocycles. The van der Waals surface area contributed by atoms with Crippen LogP contribution in [0.25, 0.3) is 44.5 Å². The van der Waals surface area contributed by atoms with E-state index in [1.807, 2.05) is 0 Å². The highest BCUT2D eigenvalue weighted by Crippen LogP contribution is 2.67. The maximum Gasteiger partial charge on any atom is 0.0720 e. The number of fused-ring (bicyclic) bond motifs is 19. The van der Waals surface area contributed by atoms with E-state index in [0.717, 1.165) is 17.1 Å². The van der Waals surface area contributed by atoms with Gasteiger partial charge in [0.05, 0.1) is 10.8 Å². The van der Waals surface area contributed by atoms with Gasteiger partial charge in [-0.2, -0.15) is 0 Å². The minimum atomic E-state index is -0.586. The van der Waals surface area contributed by atoms with E-state index in [0.29, 0.717) is 0 Å².